The van der Waals surface area contributed by atoms with Gasteiger partial charge in [-0.2, -0.15) is 0 Å². The van der Waals surface area contributed by atoms with Crippen LogP contribution in [-0.4, -0.2) is 17.2 Å². The molecule has 2 aromatic rings. The second-order valence-corrected chi connectivity index (χ2v) is 8.36. The van der Waals surface area contributed by atoms with Gasteiger partial charge in [0.2, 0.25) is 5.88 Å². The van der Waals surface area contributed by atoms with Gasteiger partial charge in [0.25, 0.3) is 0 Å². The normalized spacial score (nSPS) is 27.1. The van der Waals surface area contributed by atoms with Crippen molar-refractivity contribution in [2.45, 2.75) is 51.0 Å². The second kappa shape index (κ2) is 8.16. The quantitative estimate of drug-likeness (QED) is 0.677. The summed E-state index contributed by atoms with van der Waals surface area (Å²) in [6.45, 7) is 2.20. The molecule has 0 bridgehead atoms. The van der Waals surface area contributed by atoms with Gasteiger partial charge in [0, 0.05) is 17.2 Å². The van der Waals surface area contributed by atoms with E-state index in [4.69, 9.17) is 4.74 Å². The Morgan fingerprint density at radius 1 is 1.03 bits per heavy atom. The number of aliphatic hydroxyl groups is 1. The number of allylic oxidation sites excluding steroid dienone is 2. The molecule has 3 heteroatoms. The zero-order chi connectivity index (χ0) is 20.3. The molecule has 0 saturated heterocycles. The van der Waals surface area contributed by atoms with E-state index in [2.05, 4.69) is 42.3 Å². The van der Waals surface area contributed by atoms with Crippen molar-refractivity contribution < 1.29 is 9.84 Å². The highest BCUT2D eigenvalue weighted by Gasteiger charge is 2.54. The number of aromatic nitrogens is 1. The van der Waals surface area contributed by atoms with Gasteiger partial charge in [0.15, 0.2) is 0 Å². The molecule has 2 aliphatic carbocycles. The Kier molecular flexibility index (Phi) is 5.60. The first-order valence-electron chi connectivity index (χ1n) is 10.8. The van der Waals surface area contributed by atoms with E-state index in [0.29, 0.717) is 11.8 Å². The van der Waals surface area contributed by atoms with Gasteiger partial charge in [-0.15, -0.1) is 0 Å². The van der Waals surface area contributed by atoms with E-state index in [0.717, 1.165) is 36.0 Å². The SMILES string of the molecule is CCC1(C2CCCCC2)C=CC=CC1(O)c1cc(-c2ccccc2)cnc1OC. The summed E-state index contributed by atoms with van der Waals surface area (Å²) in [5, 5.41) is 12.3. The van der Waals surface area contributed by atoms with Crippen LogP contribution in [0, 0.1) is 11.3 Å². The van der Waals surface area contributed by atoms with E-state index >= 15 is 0 Å². The van der Waals surface area contributed by atoms with Crippen LogP contribution in [0.2, 0.25) is 0 Å². The maximum atomic E-state index is 12.3. The van der Waals surface area contributed by atoms with Gasteiger partial charge < -0.3 is 9.84 Å². The fraction of sp³-hybridized carbons (Fsp3) is 0.423. The van der Waals surface area contributed by atoms with Crippen molar-refractivity contribution in [2.24, 2.45) is 11.3 Å². The monoisotopic (exact) mass is 389 g/mol. The molecule has 2 atom stereocenters. The lowest BCUT2D eigenvalue weighted by Crippen LogP contribution is -2.49. The molecular weight excluding hydrogens is 358 g/mol. The van der Waals surface area contributed by atoms with Gasteiger partial charge >= 0.3 is 0 Å². The first kappa shape index (κ1) is 19.9. The van der Waals surface area contributed by atoms with Crippen LogP contribution in [0.1, 0.15) is 51.0 Å². The van der Waals surface area contributed by atoms with E-state index < -0.39 is 5.60 Å². The molecule has 1 aromatic heterocycles. The number of rotatable bonds is 5. The molecular formula is C26H31NO2. The predicted octanol–water partition coefficient (Wildman–Crippen LogP) is 6.05. The number of hydrogen-bond acceptors (Lipinski definition) is 3. The van der Waals surface area contributed by atoms with Crippen LogP contribution in [0.15, 0.2) is 66.9 Å². The van der Waals surface area contributed by atoms with Gasteiger partial charge in [-0.3, -0.25) is 0 Å². The van der Waals surface area contributed by atoms with E-state index in [1.165, 1.54) is 19.3 Å². The molecule has 2 unspecified atom stereocenters. The number of benzene rings is 1. The molecule has 1 aromatic carbocycles. The van der Waals surface area contributed by atoms with Gasteiger partial charge in [0.1, 0.15) is 5.60 Å². The summed E-state index contributed by atoms with van der Waals surface area (Å²) in [6, 6.07) is 12.3. The van der Waals surface area contributed by atoms with Crippen molar-refractivity contribution in [3.05, 3.63) is 72.5 Å². The second-order valence-electron chi connectivity index (χ2n) is 8.36. The van der Waals surface area contributed by atoms with Gasteiger partial charge in [0.05, 0.1) is 12.7 Å². The molecule has 2 aliphatic rings. The Labute approximate surface area is 174 Å². The van der Waals surface area contributed by atoms with E-state index in [9.17, 15) is 5.11 Å². The maximum Gasteiger partial charge on any atom is 0.219 e. The molecule has 1 N–H and O–H groups in total. The summed E-state index contributed by atoms with van der Waals surface area (Å²) in [5.74, 6) is 0.943. The molecule has 0 amide bonds. The topological polar surface area (TPSA) is 42.4 Å². The lowest BCUT2D eigenvalue weighted by atomic mass is 9.55. The molecule has 1 saturated carbocycles. The number of hydrogen-bond donors (Lipinski definition) is 1. The number of methoxy groups -OCH3 is 1. The van der Waals surface area contributed by atoms with E-state index in [-0.39, 0.29) is 5.41 Å². The minimum absolute atomic E-state index is 0.355. The van der Waals surface area contributed by atoms with Crippen molar-refractivity contribution >= 4 is 0 Å². The van der Waals surface area contributed by atoms with Gasteiger partial charge in [-0.25, -0.2) is 4.98 Å². The molecule has 1 heterocycles. The van der Waals surface area contributed by atoms with Gasteiger partial charge in [-0.1, -0.05) is 74.7 Å². The average Bonchev–Trinajstić information content (AvgIpc) is 2.80. The molecule has 29 heavy (non-hydrogen) atoms. The number of ether oxygens (including phenoxy) is 1. The molecule has 152 valence electrons. The average molecular weight is 390 g/mol. The third-order valence-electron chi connectivity index (χ3n) is 7.03. The standard InChI is InChI=1S/C26H31NO2/c1-3-25(22-14-8-5-9-15-22)16-10-11-17-26(25,28)23-18-21(19-27-24(23)29-2)20-12-6-4-7-13-20/h4,6-7,10-13,16-19,22,28H,3,5,8-9,14-15H2,1-2H3. The number of nitrogens with zero attached hydrogens (tertiary/aromatic N) is 1. The third kappa shape index (κ3) is 3.32. The van der Waals surface area contributed by atoms with Crippen LogP contribution in [0.5, 0.6) is 5.88 Å². The first-order valence-corrected chi connectivity index (χ1v) is 10.8. The van der Waals surface area contributed by atoms with Crippen molar-refractivity contribution in [1.29, 1.82) is 0 Å². The summed E-state index contributed by atoms with van der Waals surface area (Å²) in [7, 11) is 1.63. The minimum Gasteiger partial charge on any atom is -0.481 e. The van der Waals surface area contributed by atoms with Crippen molar-refractivity contribution in [1.82, 2.24) is 4.98 Å². The number of pyridine rings is 1. The summed E-state index contributed by atoms with van der Waals surface area (Å²) >= 11 is 0. The Bertz CT molecular complexity index is 898. The molecule has 3 nitrogen and oxygen atoms in total. The van der Waals surface area contributed by atoms with Crippen LogP contribution in [-0.2, 0) is 5.60 Å². The zero-order valence-corrected chi connectivity index (χ0v) is 17.5. The first-order chi connectivity index (χ1) is 14.1. The van der Waals surface area contributed by atoms with Crippen LogP contribution in [0.25, 0.3) is 11.1 Å². The Balaban J connectivity index is 1.88. The van der Waals surface area contributed by atoms with Crippen LogP contribution >= 0.6 is 0 Å². The van der Waals surface area contributed by atoms with Crippen LogP contribution in [0.4, 0.5) is 0 Å². The minimum atomic E-state index is -1.15. The molecule has 0 aliphatic heterocycles. The lowest BCUT2D eigenvalue weighted by Gasteiger charge is -2.51. The molecule has 4 rings (SSSR count). The van der Waals surface area contributed by atoms with Crippen molar-refractivity contribution in [3.63, 3.8) is 0 Å². The third-order valence-corrected chi connectivity index (χ3v) is 7.03. The van der Waals surface area contributed by atoms with Crippen LogP contribution < -0.4 is 4.74 Å². The Hall–Kier alpha value is -2.39. The fourth-order valence-electron chi connectivity index (χ4n) is 5.46. The Morgan fingerprint density at radius 3 is 2.45 bits per heavy atom. The van der Waals surface area contributed by atoms with E-state index in [1.54, 1.807) is 7.11 Å². The van der Waals surface area contributed by atoms with Crippen molar-refractivity contribution in [3.8, 4) is 17.0 Å². The smallest absolute Gasteiger partial charge is 0.219 e. The highest BCUT2D eigenvalue weighted by Crippen LogP contribution is 2.57. The zero-order valence-electron chi connectivity index (χ0n) is 17.5. The van der Waals surface area contributed by atoms with Crippen LogP contribution in [0.3, 0.4) is 0 Å². The highest BCUT2D eigenvalue weighted by molar-refractivity contribution is 5.65. The van der Waals surface area contributed by atoms with Gasteiger partial charge in [-0.05, 0) is 42.9 Å². The highest BCUT2D eigenvalue weighted by atomic mass is 16.5. The summed E-state index contributed by atoms with van der Waals surface area (Å²) < 4.78 is 5.65. The lowest BCUT2D eigenvalue weighted by molar-refractivity contribution is -0.0708. The summed E-state index contributed by atoms with van der Waals surface area (Å²) in [6.07, 6.45) is 17.0. The largest absolute Gasteiger partial charge is 0.481 e. The predicted molar refractivity (Wildman–Crippen MR) is 118 cm³/mol. The maximum absolute atomic E-state index is 12.3. The molecule has 1 fully saturated rings. The Morgan fingerprint density at radius 2 is 1.76 bits per heavy atom. The fourth-order valence-corrected chi connectivity index (χ4v) is 5.46. The molecule has 0 radical (unpaired) electrons. The summed E-state index contributed by atoms with van der Waals surface area (Å²) in [5.41, 5.74) is 1.33. The van der Waals surface area contributed by atoms with E-state index in [1.807, 2.05) is 36.5 Å². The molecule has 0 spiro atoms. The summed E-state index contributed by atoms with van der Waals surface area (Å²) in [4.78, 5) is 4.60. The van der Waals surface area contributed by atoms with Crippen molar-refractivity contribution in [2.75, 3.05) is 7.11 Å².